The summed E-state index contributed by atoms with van der Waals surface area (Å²) in [7, 11) is 0. The molecular weight excluding hydrogens is 310 g/mol. The monoisotopic (exact) mass is 331 g/mol. The summed E-state index contributed by atoms with van der Waals surface area (Å²) in [4.78, 5) is 20.6. The third-order valence-electron chi connectivity index (χ3n) is 3.80. The van der Waals surface area contributed by atoms with Crippen LogP contribution in [0.15, 0.2) is 30.7 Å². The van der Waals surface area contributed by atoms with Crippen molar-refractivity contribution in [2.75, 3.05) is 18.1 Å². The molecule has 23 heavy (non-hydrogen) atoms. The Morgan fingerprint density at radius 2 is 2.39 bits per heavy atom. The van der Waals surface area contributed by atoms with Crippen LogP contribution in [0, 0.1) is 6.92 Å². The van der Waals surface area contributed by atoms with Gasteiger partial charge in [-0.05, 0) is 18.6 Å². The van der Waals surface area contributed by atoms with Gasteiger partial charge in [-0.3, -0.25) is 9.36 Å². The molecule has 0 spiro atoms. The summed E-state index contributed by atoms with van der Waals surface area (Å²) in [6.45, 7) is 3.43. The van der Waals surface area contributed by atoms with E-state index in [1.165, 1.54) is 0 Å². The standard InChI is InChI=1S/C16H21N5OS/c1-12-17-4-6-21(12)15-3-2-13(9-19-15)10-20-16(22)8-14-11-23-7-5-18-14/h2-4,6,9,14,18H,5,7-8,10-11H2,1H3,(H,20,22). The number of pyridine rings is 1. The topological polar surface area (TPSA) is 71.8 Å². The number of rotatable bonds is 5. The maximum absolute atomic E-state index is 12.0. The van der Waals surface area contributed by atoms with E-state index >= 15 is 0 Å². The second-order valence-corrected chi connectivity index (χ2v) is 6.73. The number of carbonyl (C=O) groups is 1. The molecule has 1 atom stereocenters. The van der Waals surface area contributed by atoms with E-state index in [0.29, 0.717) is 19.0 Å². The van der Waals surface area contributed by atoms with E-state index in [0.717, 1.165) is 35.3 Å². The number of hydrogen-bond donors (Lipinski definition) is 2. The highest BCUT2D eigenvalue weighted by Crippen LogP contribution is 2.11. The largest absolute Gasteiger partial charge is 0.352 e. The lowest BCUT2D eigenvalue weighted by Crippen LogP contribution is -2.41. The number of hydrogen-bond acceptors (Lipinski definition) is 5. The minimum absolute atomic E-state index is 0.0829. The zero-order valence-corrected chi connectivity index (χ0v) is 14.0. The second-order valence-electron chi connectivity index (χ2n) is 5.58. The molecule has 6 nitrogen and oxygen atoms in total. The predicted molar refractivity (Wildman–Crippen MR) is 91.7 cm³/mol. The van der Waals surface area contributed by atoms with Crippen molar-refractivity contribution in [3.8, 4) is 5.82 Å². The molecule has 1 saturated heterocycles. The predicted octanol–water partition coefficient (Wildman–Crippen LogP) is 1.29. The van der Waals surface area contributed by atoms with E-state index in [-0.39, 0.29) is 5.91 Å². The fourth-order valence-corrected chi connectivity index (χ4v) is 3.48. The molecule has 1 aliphatic rings. The Morgan fingerprint density at radius 3 is 3.04 bits per heavy atom. The normalized spacial score (nSPS) is 17.9. The van der Waals surface area contributed by atoms with Gasteiger partial charge in [-0.25, -0.2) is 9.97 Å². The number of nitrogens with zero attached hydrogens (tertiary/aromatic N) is 3. The van der Waals surface area contributed by atoms with Crippen LogP contribution in [0.25, 0.3) is 5.82 Å². The zero-order valence-electron chi connectivity index (χ0n) is 13.2. The smallest absolute Gasteiger partial charge is 0.221 e. The fourth-order valence-electron chi connectivity index (χ4n) is 2.53. The third kappa shape index (κ3) is 4.33. The molecule has 3 rings (SSSR count). The van der Waals surface area contributed by atoms with Gasteiger partial charge in [0.15, 0.2) is 0 Å². The zero-order chi connectivity index (χ0) is 16.1. The number of thioether (sulfide) groups is 1. The maximum atomic E-state index is 12.0. The molecular formula is C16H21N5OS. The summed E-state index contributed by atoms with van der Waals surface area (Å²) in [5, 5.41) is 6.34. The molecule has 1 aliphatic heterocycles. The average molecular weight is 331 g/mol. The van der Waals surface area contributed by atoms with E-state index < -0.39 is 0 Å². The van der Waals surface area contributed by atoms with Crippen LogP contribution in [0.2, 0.25) is 0 Å². The van der Waals surface area contributed by atoms with Crippen molar-refractivity contribution in [1.29, 1.82) is 0 Å². The molecule has 0 saturated carbocycles. The molecule has 7 heteroatoms. The Balaban J connectivity index is 1.50. The van der Waals surface area contributed by atoms with Gasteiger partial charge in [0.2, 0.25) is 5.91 Å². The van der Waals surface area contributed by atoms with Crippen LogP contribution in [0.4, 0.5) is 0 Å². The quantitative estimate of drug-likeness (QED) is 0.864. The maximum Gasteiger partial charge on any atom is 0.221 e. The van der Waals surface area contributed by atoms with Gasteiger partial charge in [0.05, 0.1) is 0 Å². The van der Waals surface area contributed by atoms with Crippen LogP contribution < -0.4 is 10.6 Å². The number of imidazole rings is 1. The number of nitrogens with one attached hydrogen (secondary N) is 2. The SMILES string of the molecule is Cc1nccn1-c1ccc(CNC(=O)CC2CSCCN2)cn1. The first-order valence-electron chi connectivity index (χ1n) is 7.75. The Kier molecular flexibility index (Phi) is 5.30. The minimum Gasteiger partial charge on any atom is -0.352 e. The highest BCUT2D eigenvalue weighted by molar-refractivity contribution is 7.99. The molecule has 2 N–H and O–H groups in total. The van der Waals surface area contributed by atoms with Gasteiger partial charge in [-0.2, -0.15) is 11.8 Å². The van der Waals surface area contributed by atoms with E-state index in [1.54, 1.807) is 12.4 Å². The van der Waals surface area contributed by atoms with Gasteiger partial charge in [0.25, 0.3) is 0 Å². The first-order valence-corrected chi connectivity index (χ1v) is 8.91. The van der Waals surface area contributed by atoms with E-state index in [2.05, 4.69) is 20.6 Å². The van der Waals surface area contributed by atoms with Gasteiger partial charge >= 0.3 is 0 Å². The van der Waals surface area contributed by atoms with Crippen molar-refractivity contribution in [2.45, 2.75) is 25.9 Å². The number of aromatic nitrogens is 3. The highest BCUT2D eigenvalue weighted by atomic mass is 32.2. The molecule has 1 unspecified atom stereocenters. The van der Waals surface area contributed by atoms with Gasteiger partial charge in [0, 0.05) is 55.6 Å². The first-order chi connectivity index (χ1) is 11.2. The van der Waals surface area contributed by atoms with Crippen molar-refractivity contribution in [3.63, 3.8) is 0 Å². The summed E-state index contributed by atoms with van der Waals surface area (Å²) in [5.41, 5.74) is 0.992. The summed E-state index contributed by atoms with van der Waals surface area (Å²) >= 11 is 1.90. The fraction of sp³-hybridized carbons (Fsp3) is 0.438. The van der Waals surface area contributed by atoms with Gasteiger partial charge < -0.3 is 10.6 Å². The Labute approximate surface area is 140 Å². The lowest BCUT2D eigenvalue weighted by Gasteiger charge is -2.22. The lowest BCUT2D eigenvalue weighted by atomic mass is 10.2. The molecule has 0 aliphatic carbocycles. The average Bonchev–Trinajstić information content (AvgIpc) is 3.00. The van der Waals surface area contributed by atoms with Crippen molar-refractivity contribution < 1.29 is 4.79 Å². The summed E-state index contributed by atoms with van der Waals surface area (Å²) < 4.78 is 1.93. The van der Waals surface area contributed by atoms with Crippen LogP contribution in [-0.4, -0.2) is 44.5 Å². The van der Waals surface area contributed by atoms with Crippen molar-refractivity contribution in [1.82, 2.24) is 25.2 Å². The van der Waals surface area contributed by atoms with Crippen LogP contribution in [0.3, 0.4) is 0 Å². The molecule has 0 aromatic carbocycles. The Morgan fingerprint density at radius 1 is 1.48 bits per heavy atom. The highest BCUT2D eigenvalue weighted by Gasteiger charge is 2.16. The summed E-state index contributed by atoms with van der Waals surface area (Å²) in [5.74, 6) is 3.95. The van der Waals surface area contributed by atoms with Crippen LogP contribution >= 0.6 is 11.8 Å². The molecule has 122 valence electrons. The molecule has 0 bridgehead atoms. The van der Waals surface area contributed by atoms with E-state index in [1.807, 2.05) is 41.6 Å². The van der Waals surface area contributed by atoms with Crippen LogP contribution in [0.1, 0.15) is 17.8 Å². The molecule has 3 heterocycles. The van der Waals surface area contributed by atoms with Crippen LogP contribution in [-0.2, 0) is 11.3 Å². The molecule has 1 fully saturated rings. The summed E-state index contributed by atoms with van der Waals surface area (Å²) in [6, 6.07) is 4.21. The van der Waals surface area contributed by atoms with E-state index in [9.17, 15) is 4.79 Å². The van der Waals surface area contributed by atoms with Crippen molar-refractivity contribution in [3.05, 3.63) is 42.1 Å². The van der Waals surface area contributed by atoms with Crippen LogP contribution in [0.5, 0.6) is 0 Å². The second kappa shape index (κ2) is 7.61. The minimum atomic E-state index is 0.0829. The van der Waals surface area contributed by atoms with Gasteiger partial charge in [-0.15, -0.1) is 0 Å². The third-order valence-corrected chi connectivity index (χ3v) is 4.93. The number of carbonyl (C=O) groups excluding carboxylic acids is 1. The molecule has 1 amide bonds. The first kappa shape index (κ1) is 16.0. The van der Waals surface area contributed by atoms with E-state index in [4.69, 9.17) is 0 Å². The molecule has 2 aromatic heterocycles. The lowest BCUT2D eigenvalue weighted by molar-refractivity contribution is -0.121. The number of aryl methyl sites for hydroxylation is 1. The molecule has 2 aromatic rings. The van der Waals surface area contributed by atoms with Crippen molar-refractivity contribution >= 4 is 17.7 Å². The van der Waals surface area contributed by atoms with Crippen molar-refractivity contribution in [2.24, 2.45) is 0 Å². The van der Waals surface area contributed by atoms with Gasteiger partial charge in [0.1, 0.15) is 11.6 Å². The molecule has 0 radical (unpaired) electrons. The number of amides is 1. The summed E-state index contributed by atoms with van der Waals surface area (Å²) in [6.07, 6.45) is 5.97. The Hall–Kier alpha value is -1.86. The Bertz CT molecular complexity index is 649. The van der Waals surface area contributed by atoms with Gasteiger partial charge in [-0.1, -0.05) is 6.07 Å².